The zero-order valence-corrected chi connectivity index (χ0v) is 24.7. The van der Waals surface area contributed by atoms with Crippen LogP contribution in [0.2, 0.25) is 0 Å². The van der Waals surface area contributed by atoms with E-state index in [1.165, 1.54) is 13.0 Å². The van der Waals surface area contributed by atoms with Gasteiger partial charge >= 0.3 is 24.2 Å². The van der Waals surface area contributed by atoms with Gasteiger partial charge in [0.2, 0.25) is 6.23 Å². The number of carbonyl (C=O) groups is 1. The summed E-state index contributed by atoms with van der Waals surface area (Å²) in [5.41, 5.74) is 0.675. The number of benzene rings is 2. The number of aromatic nitrogens is 2. The first kappa shape index (κ1) is 32.8. The van der Waals surface area contributed by atoms with Crippen molar-refractivity contribution in [1.82, 2.24) is 14.6 Å². The molecule has 0 saturated carbocycles. The predicted molar refractivity (Wildman–Crippen MR) is 151 cm³/mol. The van der Waals surface area contributed by atoms with Crippen LogP contribution in [0.4, 0.5) is 23.4 Å². The van der Waals surface area contributed by atoms with Crippen molar-refractivity contribution in [2.45, 2.75) is 63.2 Å². The van der Waals surface area contributed by atoms with Gasteiger partial charge in [0.15, 0.2) is 11.7 Å². The Kier molecular flexibility index (Phi) is 9.50. The van der Waals surface area contributed by atoms with E-state index in [2.05, 4.69) is 10.1 Å². The molecule has 2 heterocycles. The van der Waals surface area contributed by atoms with E-state index >= 15 is 8.78 Å². The van der Waals surface area contributed by atoms with E-state index in [0.717, 1.165) is 23.0 Å². The number of nitrogens with one attached hydrogen (secondary N) is 1. The maximum absolute atomic E-state index is 15.3. The number of hydrogen-bond acceptors (Lipinski definition) is 10. The van der Waals surface area contributed by atoms with Gasteiger partial charge < -0.3 is 29.4 Å². The number of alkyl halides is 4. The Morgan fingerprint density at radius 3 is 2.51 bits per heavy atom. The topological polar surface area (TPSA) is 147 Å². The van der Waals surface area contributed by atoms with Crippen LogP contribution in [0.15, 0.2) is 59.5 Å². The van der Waals surface area contributed by atoms with Crippen LogP contribution in [0.1, 0.15) is 27.0 Å². The first-order valence-electron chi connectivity index (χ1n) is 12.9. The number of nitrogens with two attached hydrogens (primary N) is 1. The number of carbonyl (C=O) groups excluding carboxylic acids is 1. The van der Waals surface area contributed by atoms with Crippen molar-refractivity contribution < 1.29 is 46.0 Å². The zero-order valence-electron chi connectivity index (χ0n) is 23.0. The Bertz CT molecular complexity index is 1600. The van der Waals surface area contributed by atoms with E-state index in [1.807, 2.05) is 12.1 Å². The summed E-state index contributed by atoms with van der Waals surface area (Å²) in [7, 11) is 0. The number of aliphatic hydroxyl groups excluding tert-OH is 1. The molecule has 1 aliphatic rings. The second-order valence-electron chi connectivity index (χ2n) is 10.1. The zero-order chi connectivity index (χ0) is 31.7. The molecule has 11 nitrogen and oxygen atoms in total. The Balaban J connectivity index is 1.68. The molecule has 1 aliphatic heterocycles. The molecule has 0 amide bonds. The van der Waals surface area contributed by atoms with Gasteiger partial charge in [-0.2, -0.15) is 13.8 Å². The number of hydrogen-bond donors (Lipinski definition) is 3. The van der Waals surface area contributed by atoms with Crippen molar-refractivity contribution in [2.24, 2.45) is 0 Å². The first-order valence-corrected chi connectivity index (χ1v) is 15.5. The van der Waals surface area contributed by atoms with Crippen LogP contribution in [0, 0.1) is 0 Å². The molecule has 3 aromatic rings. The van der Waals surface area contributed by atoms with Gasteiger partial charge in [-0.1, -0.05) is 30.3 Å². The summed E-state index contributed by atoms with van der Waals surface area (Å²) < 4.78 is 81.6. The summed E-state index contributed by atoms with van der Waals surface area (Å²) in [6.07, 6.45) is -9.39. The number of rotatable bonds is 11. The number of fused-ring (bicyclic) bond motifs is 1. The van der Waals surface area contributed by atoms with E-state index in [0.29, 0.717) is 0 Å². The van der Waals surface area contributed by atoms with Gasteiger partial charge in [0.25, 0.3) is 6.43 Å². The van der Waals surface area contributed by atoms with Gasteiger partial charge in [0.05, 0.1) is 12.7 Å². The fourth-order valence-electron chi connectivity index (χ4n) is 4.27. The van der Waals surface area contributed by atoms with E-state index in [9.17, 15) is 23.5 Å². The maximum atomic E-state index is 15.3. The van der Waals surface area contributed by atoms with Crippen LogP contribution < -0.4 is 21.0 Å². The lowest BCUT2D eigenvalue weighted by molar-refractivity contribution is -0.192. The lowest BCUT2D eigenvalue weighted by atomic mass is 9.96. The largest absolute Gasteiger partial charge is 0.462 e. The summed E-state index contributed by atoms with van der Waals surface area (Å²) in [6.45, 7) is -0.938. The maximum Gasteiger partial charge on any atom is 0.351 e. The second kappa shape index (κ2) is 12.5. The highest BCUT2D eigenvalue weighted by molar-refractivity contribution is 8.09. The highest BCUT2D eigenvalue weighted by Crippen LogP contribution is 2.53. The predicted octanol–water partition coefficient (Wildman–Crippen LogP) is 3.76. The molecule has 2 aromatic carbocycles. The molecule has 43 heavy (non-hydrogen) atoms. The fraction of sp³-hybridized carbons (Fsp3) is 0.423. The average Bonchev–Trinajstić information content (AvgIpc) is 3.13. The van der Waals surface area contributed by atoms with Crippen molar-refractivity contribution >= 4 is 41.0 Å². The molecular formula is C26H29F4N4O7PS. The molecule has 1 fully saturated rings. The molecule has 17 heteroatoms. The van der Waals surface area contributed by atoms with Crippen molar-refractivity contribution in [3.05, 3.63) is 65.2 Å². The van der Waals surface area contributed by atoms with E-state index in [1.54, 1.807) is 38.1 Å². The molecule has 1 saturated heterocycles. The minimum Gasteiger partial charge on any atom is -0.462 e. The molecule has 0 bridgehead atoms. The molecule has 1 aromatic heterocycles. The fourth-order valence-corrected chi connectivity index (χ4v) is 6.68. The normalized spacial score (nSPS) is 23.8. The van der Waals surface area contributed by atoms with Crippen LogP contribution in [-0.4, -0.2) is 63.4 Å². The Morgan fingerprint density at radius 1 is 1.21 bits per heavy atom. The summed E-state index contributed by atoms with van der Waals surface area (Å²) in [5.74, 6) is -5.40. The average molecular weight is 649 g/mol. The van der Waals surface area contributed by atoms with Crippen LogP contribution in [-0.2, 0) is 30.6 Å². The SMILES string of the molecule is CC(C)OC(=O)[C@H](C)NP(=S)(OC[C@@]1(C(F)F)O[C@@H](n2ccc(N)nc2=O)C(F)(F)[C@@H]1O)Oc1ccc2ccccc2c1. The first-order chi connectivity index (χ1) is 20.1. The Morgan fingerprint density at radius 2 is 1.88 bits per heavy atom. The molecule has 0 aliphatic carbocycles. The highest BCUT2D eigenvalue weighted by Gasteiger charge is 2.71. The van der Waals surface area contributed by atoms with Gasteiger partial charge in [-0.05, 0) is 61.5 Å². The molecule has 234 valence electrons. The van der Waals surface area contributed by atoms with Crippen molar-refractivity contribution in [3.8, 4) is 5.75 Å². The number of nitrogens with zero attached hydrogens (tertiary/aromatic N) is 2. The van der Waals surface area contributed by atoms with E-state index in [-0.39, 0.29) is 16.1 Å². The van der Waals surface area contributed by atoms with Crippen LogP contribution in [0.5, 0.6) is 5.75 Å². The number of ether oxygens (including phenoxy) is 2. The number of aliphatic hydroxyl groups is 1. The number of esters is 1. The van der Waals surface area contributed by atoms with Crippen LogP contribution in [0.25, 0.3) is 10.8 Å². The third-order valence-electron chi connectivity index (χ3n) is 6.43. The molecule has 0 radical (unpaired) electrons. The Labute approximate surface area is 248 Å². The van der Waals surface area contributed by atoms with Crippen molar-refractivity contribution in [1.29, 1.82) is 0 Å². The highest BCUT2D eigenvalue weighted by atomic mass is 32.5. The van der Waals surface area contributed by atoms with Crippen molar-refractivity contribution in [2.75, 3.05) is 12.3 Å². The van der Waals surface area contributed by atoms with Crippen LogP contribution >= 0.6 is 6.64 Å². The van der Waals surface area contributed by atoms with Gasteiger partial charge in [-0.25, -0.2) is 18.7 Å². The lowest BCUT2D eigenvalue weighted by Gasteiger charge is -2.34. The second-order valence-corrected chi connectivity index (χ2v) is 13.2. The Hall–Kier alpha value is -3.14. The van der Waals surface area contributed by atoms with E-state index < -0.39 is 67.3 Å². The van der Waals surface area contributed by atoms with Gasteiger partial charge in [0, 0.05) is 6.20 Å². The monoisotopic (exact) mass is 648 g/mol. The van der Waals surface area contributed by atoms with Gasteiger partial charge in [-0.3, -0.25) is 9.36 Å². The number of halogens is 4. The molecule has 5 atom stereocenters. The summed E-state index contributed by atoms with van der Waals surface area (Å²) in [5, 5.41) is 14.7. The van der Waals surface area contributed by atoms with Crippen LogP contribution in [0.3, 0.4) is 0 Å². The quantitative estimate of drug-likeness (QED) is 0.159. The summed E-state index contributed by atoms with van der Waals surface area (Å²) >= 11 is 5.54. The van der Waals surface area contributed by atoms with Gasteiger partial charge in [0.1, 0.15) is 17.6 Å². The number of anilines is 1. The molecule has 0 spiro atoms. The standard InChI is InChI=1S/C26H29F4N4O7PS/c1-14(2)39-20(35)15(3)33-42(43,41-18-9-8-16-6-4-5-7-17(16)12-18)38-13-25(22(27)28)21(36)26(29,30)23(40-25)34-11-10-19(31)32-24(34)37/h4-12,14-15,21-23,36H,13H2,1-3H3,(H,33,43)(H2,31,32,37)/t15-,21+,23+,25+,42?/m0/s1. The molecule has 4 N–H and O–H groups in total. The van der Waals surface area contributed by atoms with E-state index in [4.69, 9.17) is 36.1 Å². The van der Waals surface area contributed by atoms with Crippen molar-refractivity contribution in [3.63, 3.8) is 0 Å². The lowest BCUT2D eigenvalue weighted by Crippen LogP contribution is -2.54. The third-order valence-corrected chi connectivity index (χ3v) is 8.90. The third kappa shape index (κ3) is 6.84. The molecule has 4 rings (SSSR count). The van der Waals surface area contributed by atoms with Gasteiger partial charge in [-0.15, -0.1) is 0 Å². The smallest absolute Gasteiger partial charge is 0.351 e. The minimum atomic E-state index is -4.43. The minimum absolute atomic E-state index is 0.112. The summed E-state index contributed by atoms with van der Waals surface area (Å²) in [6, 6.07) is 11.7. The molecular weight excluding hydrogens is 619 g/mol. The molecule has 1 unspecified atom stereocenters. The summed E-state index contributed by atoms with van der Waals surface area (Å²) in [4.78, 5) is 28.1. The number of nitrogen functional groups attached to an aromatic ring is 1.